The lowest BCUT2D eigenvalue weighted by Crippen LogP contribution is -2.43. The van der Waals surface area contributed by atoms with Gasteiger partial charge in [0, 0.05) is 16.1 Å². The van der Waals surface area contributed by atoms with Gasteiger partial charge in [0.2, 0.25) is 0 Å². The minimum Gasteiger partial charge on any atom is -0.496 e. The summed E-state index contributed by atoms with van der Waals surface area (Å²) in [7, 11) is 1.55. The molecule has 2 amide bonds. The summed E-state index contributed by atoms with van der Waals surface area (Å²) in [5.74, 6) is 0.621. The maximum atomic E-state index is 11.9. The van der Waals surface area contributed by atoms with Crippen LogP contribution in [0.3, 0.4) is 0 Å². The lowest BCUT2D eigenvalue weighted by molar-refractivity contribution is -0.128. The number of benzene rings is 2. The summed E-state index contributed by atoms with van der Waals surface area (Å²) >= 11 is 3.36. The van der Waals surface area contributed by atoms with Gasteiger partial charge in [-0.15, -0.1) is 0 Å². The third-order valence-electron chi connectivity index (χ3n) is 3.44. The Balaban J connectivity index is 1.83. The number of methoxy groups -OCH3 is 1. The van der Waals surface area contributed by atoms with Crippen LogP contribution >= 0.6 is 15.9 Å². The molecule has 2 rings (SSSR count). The summed E-state index contributed by atoms with van der Waals surface area (Å²) in [5.41, 5.74) is 5.29. The van der Waals surface area contributed by atoms with E-state index in [-0.39, 0.29) is 6.61 Å². The van der Waals surface area contributed by atoms with Gasteiger partial charge in [-0.1, -0.05) is 28.1 Å². The first kappa shape index (κ1) is 21.3. The SMILES string of the molecule is CCOc1ccccc1OCC(=O)NNC(=O)/C=C/c1cc(Br)ccc1OC. The van der Waals surface area contributed by atoms with Crippen LogP contribution in [0, 0.1) is 0 Å². The van der Waals surface area contributed by atoms with E-state index in [2.05, 4.69) is 26.8 Å². The van der Waals surface area contributed by atoms with Gasteiger partial charge in [0.05, 0.1) is 13.7 Å². The van der Waals surface area contributed by atoms with Gasteiger partial charge in [-0.05, 0) is 43.3 Å². The molecule has 0 spiro atoms. The van der Waals surface area contributed by atoms with E-state index in [0.29, 0.717) is 29.4 Å². The summed E-state index contributed by atoms with van der Waals surface area (Å²) in [5, 5.41) is 0. The van der Waals surface area contributed by atoms with Gasteiger partial charge in [0.15, 0.2) is 18.1 Å². The Hall–Kier alpha value is -3.00. The molecule has 8 heteroatoms. The fraction of sp³-hybridized carbons (Fsp3) is 0.200. The molecule has 0 saturated carbocycles. The Labute approximate surface area is 171 Å². The largest absolute Gasteiger partial charge is 0.496 e. The van der Waals surface area contributed by atoms with Crippen molar-refractivity contribution in [1.29, 1.82) is 0 Å². The second-order valence-corrected chi connectivity index (χ2v) is 6.34. The first-order valence-electron chi connectivity index (χ1n) is 8.48. The zero-order valence-electron chi connectivity index (χ0n) is 15.5. The molecule has 0 aromatic heterocycles. The predicted octanol–water partition coefficient (Wildman–Crippen LogP) is 3.10. The van der Waals surface area contributed by atoms with Crippen molar-refractivity contribution in [3.63, 3.8) is 0 Å². The molecular weight excluding hydrogens is 428 g/mol. The molecule has 2 aromatic carbocycles. The second kappa shape index (κ2) is 11.0. The molecule has 0 radical (unpaired) electrons. The standard InChI is InChI=1S/C20H21BrN2O5/c1-3-27-17-6-4-5-7-18(17)28-13-20(25)23-22-19(24)11-8-14-12-15(21)9-10-16(14)26-2/h4-12H,3,13H2,1-2H3,(H,22,24)(H,23,25)/b11-8+. The molecule has 2 N–H and O–H groups in total. The number of carbonyl (C=O) groups excluding carboxylic acids is 2. The van der Waals surface area contributed by atoms with Gasteiger partial charge in [-0.3, -0.25) is 20.4 Å². The topological polar surface area (TPSA) is 85.9 Å². The van der Waals surface area contributed by atoms with Crippen LogP contribution in [-0.4, -0.2) is 32.1 Å². The summed E-state index contributed by atoms with van der Waals surface area (Å²) in [4.78, 5) is 23.8. The number of para-hydroxylation sites is 2. The number of nitrogens with one attached hydrogen (secondary N) is 2. The van der Waals surface area contributed by atoms with Crippen LogP contribution in [0.2, 0.25) is 0 Å². The molecule has 0 atom stereocenters. The molecule has 148 valence electrons. The van der Waals surface area contributed by atoms with E-state index >= 15 is 0 Å². The Kier molecular flexibility index (Phi) is 8.36. The molecule has 0 saturated heterocycles. The highest BCUT2D eigenvalue weighted by molar-refractivity contribution is 9.10. The average molecular weight is 449 g/mol. The molecular formula is C20H21BrN2O5. The second-order valence-electron chi connectivity index (χ2n) is 5.43. The van der Waals surface area contributed by atoms with Crippen molar-refractivity contribution in [2.45, 2.75) is 6.92 Å². The smallest absolute Gasteiger partial charge is 0.276 e. The highest BCUT2D eigenvalue weighted by Crippen LogP contribution is 2.26. The van der Waals surface area contributed by atoms with E-state index in [1.165, 1.54) is 6.08 Å². The highest BCUT2D eigenvalue weighted by atomic mass is 79.9. The van der Waals surface area contributed by atoms with E-state index in [0.717, 1.165) is 4.47 Å². The zero-order chi connectivity index (χ0) is 20.4. The van der Waals surface area contributed by atoms with Crippen molar-refractivity contribution in [3.8, 4) is 17.2 Å². The molecule has 0 bridgehead atoms. The van der Waals surface area contributed by atoms with Crippen LogP contribution in [0.5, 0.6) is 17.2 Å². The molecule has 7 nitrogen and oxygen atoms in total. The average Bonchev–Trinajstić information content (AvgIpc) is 2.70. The van der Waals surface area contributed by atoms with E-state index in [1.54, 1.807) is 37.5 Å². The maximum Gasteiger partial charge on any atom is 0.276 e. The zero-order valence-corrected chi connectivity index (χ0v) is 17.1. The van der Waals surface area contributed by atoms with Crippen molar-refractivity contribution < 1.29 is 23.8 Å². The molecule has 0 aliphatic heterocycles. The van der Waals surface area contributed by atoms with Crippen LogP contribution < -0.4 is 25.1 Å². The molecule has 2 aromatic rings. The molecule has 0 unspecified atom stereocenters. The molecule has 0 aliphatic carbocycles. The lowest BCUT2D eigenvalue weighted by Gasteiger charge is -2.11. The van der Waals surface area contributed by atoms with Crippen LogP contribution in [0.15, 0.2) is 53.0 Å². The van der Waals surface area contributed by atoms with E-state index in [1.807, 2.05) is 25.1 Å². The number of hydrogen-bond donors (Lipinski definition) is 2. The van der Waals surface area contributed by atoms with E-state index in [4.69, 9.17) is 14.2 Å². The monoisotopic (exact) mass is 448 g/mol. The van der Waals surface area contributed by atoms with Crippen LogP contribution in [0.1, 0.15) is 12.5 Å². The fourth-order valence-corrected chi connectivity index (χ4v) is 2.58. The number of rotatable bonds is 8. The van der Waals surface area contributed by atoms with E-state index in [9.17, 15) is 9.59 Å². The number of amides is 2. The van der Waals surface area contributed by atoms with Crippen molar-refractivity contribution in [3.05, 3.63) is 58.6 Å². The van der Waals surface area contributed by atoms with Crippen molar-refractivity contribution >= 4 is 33.8 Å². The molecule has 0 fully saturated rings. The normalized spacial score (nSPS) is 10.4. The molecule has 0 aliphatic rings. The maximum absolute atomic E-state index is 11.9. The van der Waals surface area contributed by atoms with E-state index < -0.39 is 11.8 Å². The van der Waals surface area contributed by atoms with Crippen molar-refractivity contribution in [1.82, 2.24) is 10.9 Å². The number of halogens is 1. The quantitative estimate of drug-likeness (QED) is 0.478. The fourth-order valence-electron chi connectivity index (χ4n) is 2.20. The predicted molar refractivity (Wildman–Crippen MR) is 109 cm³/mol. The number of hydrogen-bond acceptors (Lipinski definition) is 5. The number of hydrazine groups is 1. The Morgan fingerprint density at radius 2 is 1.75 bits per heavy atom. The van der Waals surface area contributed by atoms with Gasteiger partial charge in [0.1, 0.15) is 5.75 Å². The van der Waals surface area contributed by atoms with Gasteiger partial charge >= 0.3 is 0 Å². The van der Waals surface area contributed by atoms with Gasteiger partial charge < -0.3 is 14.2 Å². The summed E-state index contributed by atoms with van der Waals surface area (Å²) < 4.78 is 16.9. The number of ether oxygens (including phenoxy) is 3. The van der Waals surface area contributed by atoms with Crippen molar-refractivity contribution in [2.24, 2.45) is 0 Å². The first-order chi connectivity index (χ1) is 13.5. The summed E-state index contributed by atoms with van der Waals surface area (Å²) in [6.07, 6.45) is 2.87. The summed E-state index contributed by atoms with van der Waals surface area (Å²) in [6.45, 7) is 2.07. The van der Waals surface area contributed by atoms with Crippen molar-refractivity contribution in [2.75, 3.05) is 20.3 Å². The van der Waals surface area contributed by atoms with Gasteiger partial charge in [0.25, 0.3) is 11.8 Å². The van der Waals surface area contributed by atoms with Crippen LogP contribution in [-0.2, 0) is 9.59 Å². The minimum absolute atomic E-state index is 0.270. The number of carbonyl (C=O) groups is 2. The third kappa shape index (κ3) is 6.62. The van der Waals surface area contributed by atoms with Gasteiger partial charge in [-0.25, -0.2) is 0 Å². The van der Waals surface area contributed by atoms with Crippen LogP contribution in [0.25, 0.3) is 6.08 Å². The summed E-state index contributed by atoms with van der Waals surface area (Å²) in [6, 6.07) is 12.5. The Bertz CT molecular complexity index is 854. The third-order valence-corrected chi connectivity index (χ3v) is 3.93. The first-order valence-corrected chi connectivity index (χ1v) is 9.27. The molecule has 0 heterocycles. The lowest BCUT2D eigenvalue weighted by atomic mass is 10.2. The Morgan fingerprint density at radius 3 is 2.43 bits per heavy atom. The van der Waals surface area contributed by atoms with Crippen LogP contribution in [0.4, 0.5) is 0 Å². The Morgan fingerprint density at radius 1 is 1.04 bits per heavy atom. The van der Waals surface area contributed by atoms with Gasteiger partial charge in [-0.2, -0.15) is 0 Å². The molecule has 28 heavy (non-hydrogen) atoms. The minimum atomic E-state index is -0.506. The highest BCUT2D eigenvalue weighted by Gasteiger charge is 2.08.